The van der Waals surface area contributed by atoms with Crippen molar-refractivity contribution in [2.24, 2.45) is 23.2 Å². The van der Waals surface area contributed by atoms with E-state index in [1.54, 1.807) is 25.3 Å². The van der Waals surface area contributed by atoms with Crippen molar-refractivity contribution in [2.45, 2.75) is 38.5 Å². The molecular weight excluding hydrogens is 426 g/mol. The van der Waals surface area contributed by atoms with Crippen LogP contribution in [0, 0.1) is 34.5 Å². The zero-order valence-corrected chi connectivity index (χ0v) is 19.2. The van der Waals surface area contributed by atoms with Crippen LogP contribution < -0.4 is 9.47 Å². The van der Waals surface area contributed by atoms with E-state index in [1.165, 1.54) is 19.3 Å². The van der Waals surface area contributed by atoms with E-state index in [9.17, 15) is 10.1 Å². The Balaban J connectivity index is 1.25. The molecule has 2 aromatic carbocycles. The van der Waals surface area contributed by atoms with Crippen LogP contribution in [-0.2, 0) is 4.79 Å². The second-order valence-electron chi connectivity index (χ2n) is 10.3. The first-order valence-electron chi connectivity index (χ1n) is 12.0. The van der Waals surface area contributed by atoms with Crippen molar-refractivity contribution in [3.63, 3.8) is 0 Å². The van der Waals surface area contributed by atoms with E-state index < -0.39 is 0 Å². The lowest BCUT2D eigenvalue weighted by Gasteiger charge is -2.55. The summed E-state index contributed by atoms with van der Waals surface area (Å²) in [6, 6.07) is 15.3. The van der Waals surface area contributed by atoms with E-state index in [4.69, 9.17) is 9.47 Å². The number of hydrogen-bond acceptors (Lipinski definition) is 5. The topological polar surface area (TPSA) is 88.0 Å². The molecule has 6 heteroatoms. The molecule has 0 unspecified atom stereocenters. The quantitative estimate of drug-likeness (QED) is 0.302. The van der Waals surface area contributed by atoms with Gasteiger partial charge < -0.3 is 14.5 Å². The Morgan fingerprint density at radius 3 is 2.44 bits per heavy atom. The standard InChI is InChI=1S/C28H27N3O3/c1-33-25-12-17(11-21(16-29)26-30-22-4-2-3-5-23(22)31-26)6-7-24(25)34-27(32)28-13-18-8-19(14-28)10-20(9-18)15-28/h2-7,11-12,18-20H,8-10,13-15H2,1H3,(H,30,31)/b21-11+. The van der Waals surface area contributed by atoms with Crippen LogP contribution in [0.5, 0.6) is 11.5 Å². The predicted molar refractivity (Wildman–Crippen MR) is 129 cm³/mol. The van der Waals surface area contributed by atoms with E-state index >= 15 is 0 Å². The number of fused-ring (bicyclic) bond motifs is 1. The van der Waals surface area contributed by atoms with Crippen molar-refractivity contribution < 1.29 is 14.3 Å². The van der Waals surface area contributed by atoms with Crippen LogP contribution in [0.2, 0.25) is 0 Å². The minimum atomic E-state index is -0.326. The minimum absolute atomic E-state index is 0.104. The molecule has 4 saturated carbocycles. The molecule has 3 aromatic rings. The number of methoxy groups -OCH3 is 1. The Morgan fingerprint density at radius 1 is 1.09 bits per heavy atom. The molecule has 0 aliphatic heterocycles. The van der Waals surface area contributed by atoms with Gasteiger partial charge in [0.2, 0.25) is 0 Å². The van der Waals surface area contributed by atoms with Gasteiger partial charge >= 0.3 is 5.97 Å². The number of para-hydroxylation sites is 2. The molecule has 7 rings (SSSR count). The summed E-state index contributed by atoms with van der Waals surface area (Å²) in [5, 5.41) is 9.74. The number of rotatable bonds is 5. The highest BCUT2D eigenvalue weighted by Gasteiger charge is 2.55. The van der Waals surface area contributed by atoms with Crippen molar-refractivity contribution in [3.8, 4) is 17.6 Å². The highest BCUT2D eigenvalue weighted by molar-refractivity contribution is 5.90. The molecule has 1 N–H and O–H groups in total. The fourth-order valence-electron chi connectivity index (χ4n) is 6.83. The van der Waals surface area contributed by atoms with Crippen LogP contribution >= 0.6 is 0 Å². The number of imidazole rings is 1. The lowest BCUT2D eigenvalue weighted by molar-refractivity contribution is -0.161. The molecule has 34 heavy (non-hydrogen) atoms. The van der Waals surface area contributed by atoms with Gasteiger partial charge in [0.25, 0.3) is 0 Å². The van der Waals surface area contributed by atoms with Crippen LogP contribution in [0.1, 0.15) is 49.9 Å². The molecular formula is C28H27N3O3. The Bertz CT molecular complexity index is 1280. The minimum Gasteiger partial charge on any atom is -0.493 e. The highest BCUT2D eigenvalue weighted by atomic mass is 16.6. The summed E-state index contributed by atoms with van der Waals surface area (Å²) >= 11 is 0. The van der Waals surface area contributed by atoms with E-state index in [1.807, 2.05) is 30.3 Å². The van der Waals surface area contributed by atoms with Crippen molar-refractivity contribution >= 4 is 28.7 Å². The largest absolute Gasteiger partial charge is 0.493 e. The number of nitriles is 1. The van der Waals surface area contributed by atoms with Gasteiger partial charge in [-0.25, -0.2) is 4.98 Å². The number of benzene rings is 2. The molecule has 0 saturated heterocycles. The van der Waals surface area contributed by atoms with Gasteiger partial charge in [0, 0.05) is 0 Å². The first-order valence-corrected chi connectivity index (χ1v) is 12.0. The van der Waals surface area contributed by atoms with E-state index in [-0.39, 0.29) is 11.4 Å². The van der Waals surface area contributed by atoms with Gasteiger partial charge in [0.1, 0.15) is 11.9 Å². The number of hydrogen-bond donors (Lipinski definition) is 1. The first kappa shape index (κ1) is 21.0. The summed E-state index contributed by atoms with van der Waals surface area (Å²) < 4.78 is 11.5. The Hall–Kier alpha value is -3.59. The third-order valence-electron chi connectivity index (χ3n) is 7.94. The molecule has 4 bridgehead atoms. The number of allylic oxidation sites excluding steroid dienone is 1. The third kappa shape index (κ3) is 3.56. The normalized spacial score (nSPS) is 27.5. The number of carbonyl (C=O) groups is 1. The van der Waals surface area contributed by atoms with E-state index in [0.29, 0.717) is 40.7 Å². The van der Waals surface area contributed by atoms with E-state index in [0.717, 1.165) is 35.9 Å². The Kier molecular flexibility index (Phi) is 4.95. The molecule has 172 valence electrons. The molecule has 0 atom stereocenters. The van der Waals surface area contributed by atoms with Gasteiger partial charge in [0.05, 0.1) is 29.1 Å². The maximum absolute atomic E-state index is 13.4. The van der Waals surface area contributed by atoms with Gasteiger partial charge in [-0.2, -0.15) is 5.26 Å². The second-order valence-corrected chi connectivity index (χ2v) is 10.3. The molecule has 1 aromatic heterocycles. The fraction of sp³-hybridized carbons (Fsp3) is 0.393. The van der Waals surface area contributed by atoms with Crippen molar-refractivity contribution in [1.82, 2.24) is 9.97 Å². The Labute approximate surface area is 198 Å². The zero-order valence-electron chi connectivity index (χ0n) is 19.2. The molecule has 6 nitrogen and oxygen atoms in total. The molecule has 0 radical (unpaired) electrons. The highest BCUT2D eigenvalue weighted by Crippen LogP contribution is 2.60. The molecule has 4 aliphatic rings. The lowest BCUT2D eigenvalue weighted by Crippen LogP contribution is -2.51. The van der Waals surface area contributed by atoms with E-state index in [2.05, 4.69) is 16.0 Å². The van der Waals surface area contributed by atoms with Gasteiger partial charge in [-0.1, -0.05) is 18.2 Å². The maximum Gasteiger partial charge on any atom is 0.317 e. The molecule has 0 amide bonds. The van der Waals surface area contributed by atoms with Crippen LogP contribution in [0.3, 0.4) is 0 Å². The molecule has 1 heterocycles. The smallest absolute Gasteiger partial charge is 0.317 e. The monoisotopic (exact) mass is 453 g/mol. The van der Waals surface area contributed by atoms with Crippen molar-refractivity contribution in [1.29, 1.82) is 5.26 Å². The van der Waals surface area contributed by atoms with Crippen LogP contribution in [0.15, 0.2) is 42.5 Å². The molecule has 0 spiro atoms. The predicted octanol–water partition coefficient (Wildman–Crippen LogP) is 5.76. The van der Waals surface area contributed by atoms with Gasteiger partial charge in [0.15, 0.2) is 11.5 Å². The number of aromatic amines is 1. The summed E-state index contributed by atoms with van der Waals surface area (Å²) in [4.78, 5) is 21.1. The zero-order chi connectivity index (χ0) is 23.3. The number of carbonyl (C=O) groups excluding carboxylic acids is 1. The first-order chi connectivity index (χ1) is 16.5. The number of nitrogens with one attached hydrogen (secondary N) is 1. The SMILES string of the molecule is COc1cc(/C=C(\C#N)c2nc3ccccc3[nH]2)ccc1OC(=O)C12CC3CC(CC(C3)C1)C2. The van der Waals surface area contributed by atoms with Crippen molar-refractivity contribution in [3.05, 3.63) is 53.9 Å². The average molecular weight is 454 g/mol. The lowest BCUT2D eigenvalue weighted by atomic mass is 9.49. The number of esters is 1. The van der Waals surface area contributed by atoms with Crippen LogP contribution in [0.4, 0.5) is 0 Å². The summed E-state index contributed by atoms with van der Waals surface area (Å²) in [7, 11) is 1.56. The summed E-state index contributed by atoms with van der Waals surface area (Å²) in [6.07, 6.45) is 8.49. The van der Waals surface area contributed by atoms with Gasteiger partial charge in [-0.3, -0.25) is 4.79 Å². The summed E-state index contributed by atoms with van der Waals surface area (Å²) in [6.45, 7) is 0. The second kappa shape index (κ2) is 8.02. The van der Waals surface area contributed by atoms with Gasteiger partial charge in [-0.05, 0) is 92.2 Å². The maximum atomic E-state index is 13.4. The number of ether oxygens (including phenoxy) is 2. The fourth-order valence-corrected chi connectivity index (χ4v) is 6.83. The molecule has 4 aliphatic carbocycles. The number of nitrogens with zero attached hydrogens (tertiary/aromatic N) is 2. The van der Waals surface area contributed by atoms with Crippen molar-refractivity contribution in [2.75, 3.05) is 7.11 Å². The Morgan fingerprint density at radius 2 is 1.79 bits per heavy atom. The summed E-state index contributed by atoms with van der Waals surface area (Å²) in [5.74, 6) is 3.35. The third-order valence-corrected chi connectivity index (χ3v) is 7.94. The van der Waals surface area contributed by atoms with Gasteiger partial charge in [-0.15, -0.1) is 0 Å². The average Bonchev–Trinajstić information content (AvgIpc) is 3.26. The number of aromatic nitrogens is 2. The molecule has 4 fully saturated rings. The van der Waals surface area contributed by atoms with Crippen LogP contribution in [0.25, 0.3) is 22.7 Å². The number of H-pyrrole nitrogens is 1. The summed E-state index contributed by atoms with van der Waals surface area (Å²) in [5.41, 5.74) is 2.54. The van der Waals surface area contributed by atoms with Crippen LogP contribution in [-0.4, -0.2) is 23.0 Å².